The molecule has 1 atom stereocenters. The topological polar surface area (TPSA) is 58.6 Å². The van der Waals surface area contributed by atoms with Crippen LogP contribution in [-0.4, -0.2) is 25.5 Å². The zero-order chi connectivity index (χ0) is 17.1. The number of hydrogen-bond acceptors (Lipinski definition) is 3. The summed E-state index contributed by atoms with van der Waals surface area (Å²) in [4.78, 5) is 26.4. The highest BCUT2D eigenvalue weighted by Crippen LogP contribution is 2.33. The number of ether oxygens (including phenoxy) is 1. The SMILES string of the molecule is COc1ccccc1N1CC(C(=O)Nc2ccc(I)cc2)CC1=O. The number of nitrogens with zero attached hydrogens (tertiary/aromatic N) is 1. The average molecular weight is 436 g/mol. The second-order valence-corrected chi connectivity index (χ2v) is 6.82. The van der Waals surface area contributed by atoms with Crippen LogP contribution in [-0.2, 0) is 9.59 Å². The van der Waals surface area contributed by atoms with Crippen LogP contribution in [0.25, 0.3) is 0 Å². The number of anilines is 2. The molecule has 3 rings (SSSR count). The number of halogens is 1. The first-order chi connectivity index (χ1) is 11.6. The van der Waals surface area contributed by atoms with Gasteiger partial charge >= 0.3 is 0 Å². The molecule has 1 fully saturated rings. The van der Waals surface area contributed by atoms with Crippen LogP contribution in [0, 0.1) is 9.49 Å². The molecule has 0 saturated carbocycles. The first kappa shape index (κ1) is 16.8. The first-order valence-corrected chi connectivity index (χ1v) is 8.66. The minimum absolute atomic E-state index is 0.0674. The largest absolute Gasteiger partial charge is 0.495 e. The summed E-state index contributed by atoms with van der Waals surface area (Å²) in [5.41, 5.74) is 1.44. The molecule has 1 N–H and O–H groups in total. The fraction of sp³-hybridized carbons (Fsp3) is 0.222. The quantitative estimate of drug-likeness (QED) is 0.749. The van der Waals surface area contributed by atoms with Gasteiger partial charge in [0.15, 0.2) is 0 Å². The van der Waals surface area contributed by atoms with E-state index in [0.29, 0.717) is 18.0 Å². The third kappa shape index (κ3) is 3.53. The van der Waals surface area contributed by atoms with Crippen molar-refractivity contribution in [3.8, 4) is 5.75 Å². The standard InChI is InChI=1S/C18H17IN2O3/c1-24-16-5-3-2-4-15(16)21-11-12(10-17(21)22)18(23)20-14-8-6-13(19)7-9-14/h2-9,12H,10-11H2,1H3,(H,20,23). The highest BCUT2D eigenvalue weighted by atomic mass is 127. The van der Waals surface area contributed by atoms with Gasteiger partial charge in [-0.3, -0.25) is 9.59 Å². The maximum absolute atomic E-state index is 12.5. The summed E-state index contributed by atoms with van der Waals surface area (Å²) in [6, 6.07) is 14.9. The summed E-state index contributed by atoms with van der Waals surface area (Å²) in [7, 11) is 1.57. The second-order valence-electron chi connectivity index (χ2n) is 5.57. The number of amides is 2. The van der Waals surface area contributed by atoms with Crippen LogP contribution in [0.4, 0.5) is 11.4 Å². The van der Waals surface area contributed by atoms with E-state index in [0.717, 1.165) is 9.26 Å². The number of hydrogen-bond donors (Lipinski definition) is 1. The molecular weight excluding hydrogens is 419 g/mol. The molecule has 2 amide bonds. The van der Waals surface area contributed by atoms with E-state index in [-0.39, 0.29) is 24.2 Å². The van der Waals surface area contributed by atoms with E-state index in [1.807, 2.05) is 48.5 Å². The highest BCUT2D eigenvalue weighted by Gasteiger charge is 2.36. The minimum Gasteiger partial charge on any atom is -0.495 e. The fourth-order valence-corrected chi connectivity index (χ4v) is 3.11. The highest BCUT2D eigenvalue weighted by molar-refractivity contribution is 14.1. The number of carbonyl (C=O) groups excluding carboxylic acids is 2. The molecule has 124 valence electrons. The predicted octanol–water partition coefficient (Wildman–Crippen LogP) is 3.29. The normalized spacial score (nSPS) is 17.0. The maximum atomic E-state index is 12.5. The summed E-state index contributed by atoms with van der Waals surface area (Å²) in [5, 5.41) is 2.88. The Morgan fingerprint density at radius 1 is 1.21 bits per heavy atom. The Hall–Kier alpha value is -2.09. The molecule has 24 heavy (non-hydrogen) atoms. The molecule has 0 bridgehead atoms. The van der Waals surface area contributed by atoms with Gasteiger partial charge in [-0.25, -0.2) is 0 Å². The van der Waals surface area contributed by atoms with Crippen molar-refractivity contribution in [1.29, 1.82) is 0 Å². The van der Waals surface area contributed by atoms with Crippen molar-refractivity contribution in [2.75, 3.05) is 23.9 Å². The van der Waals surface area contributed by atoms with Gasteiger partial charge in [0.05, 0.1) is 18.7 Å². The zero-order valence-electron chi connectivity index (χ0n) is 13.2. The molecule has 0 spiro atoms. The molecule has 0 aliphatic carbocycles. The van der Waals surface area contributed by atoms with Crippen LogP contribution in [0.15, 0.2) is 48.5 Å². The molecule has 0 radical (unpaired) electrons. The number of benzene rings is 2. The number of methoxy groups -OCH3 is 1. The lowest BCUT2D eigenvalue weighted by atomic mass is 10.1. The van der Waals surface area contributed by atoms with Gasteiger partial charge in [0.25, 0.3) is 0 Å². The van der Waals surface area contributed by atoms with Gasteiger partial charge in [-0.15, -0.1) is 0 Å². The molecule has 0 aromatic heterocycles. The number of rotatable bonds is 4. The molecule has 1 unspecified atom stereocenters. The Morgan fingerprint density at radius 3 is 2.62 bits per heavy atom. The Balaban J connectivity index is 1.72. The van der Waals surface area contributed by atoms with E-state index in [4.69, 9.17) is 4.74 Å². The van der Waals surface area contributed by atoms with Gasteiger partial charge in [0.1, 0.15) is 5.75 Å². The van der Waals surface area contributed by atoms with Crippen LogP contribution in [0.1, 0.15) is 6.42 Å². The van der Waals surface area contributed by atoms with Gasteiger partial charge < -0.3 is 15.0 Å². The van der Waals surface area contributed by atoms with E-state index in [1.54, 1.807) is 12.0 Å². The molecule has 5 nitrogen and oxygen atoms in total. The molecule has 6 heteroatoms. The van der Waals surface area contributed by atoms with Crippen molar-refractivity contribution < 1.29 is 14.3 Å². The van der Waals surface area contributed by atoms with E-state index in [9.17, 15) is 9.59 Å². The lowest BCUT2D eigenvalue weighted by Gasteiger charge is -2.19. The molecule has 1 aliphatic heterocycles. The Morgan fingerprint density at radius 2 is 1.92 bits per heavy atom. The van der Waals surface area contributed by atoms with Gasteiger partial charge in [-0.05, 0) is 59.0 Å². The third-order valence-corrected chi connectivity index (χ3v) is 4.70. The van der Waals surface area contributed by atoms with E-state index in [2.05, 4.69) is 27.9 Å². The van der Waals surface area contributed by atoms with E-state index >= 15 is 0 Å². The van der Waals surface area contributed by atoms with Gasteiger partial charge in [-0.2, -0.15) is 0 Å². The Kier molecular flexibility index (Phi) is 5.03. The second kappa shape index (κ2) is 7.21. The molecule has 1 saturated heterocycles. The number of para-hydroxylation sites is 2. The monoisotopic (exact) mass is 436 g/mol. The molecule has 2 aromatic carbocycles. The average Bonchev–Trinajstić information content (AvgIpc) is 2.98. The summed E-state index contributed by atoms with van der Waals surface area (Å²) in [6.07, 6.45) is 0.203. The van der Waals surface area contributed by atoms with Crippen LogP contribution in [0.5, 0.6) is 5.75 Å². The van der Waals surface area contributed by atoms with Crippen LogP contribution in [0.2, 0.25) is 0 Å². The van der Waals surface area contributed by atoms with Gasteiger partial charge in [0, 0.05) is 22.2 Å². The van der Waals surface area contributed by atoms with Crippen molar-refractivity contribution in [2.24, 2.45) is 5.92 Å². The summed E-state index contributed by atoms with van der Waals surface area (Å²) in [6.45, 7) is 0.357. The van der Waals surface area contributed by atoms with Gasteiger partial charge in [0.2, 0.25) is 11.8 Å². The van der Waals surface area contributed by atoms with Crippen molar-refractivity contribution in [3.05, 3.63) is 52.1 Å². The van der Waals surface area contributed by atoms with Crippen molar-refractivity contribution >= 4 is 45.8 Å². The lowest BCUT2D eigenvalue weighted by molar-refractivity contribution is -0.122. The van der Waals surface area contributed by atoms with Gasteiger partial charge in [-0.1, -0.05) is 12.1 Å². The molecule has 1 heterocycles. The summed E-state index contributed by atoms with van der Waals surface area (Å²) >= 11 is 2.21. The maximum Gasteiger partial charge on any atom is 0.229 e. The minimum atomic E-state index is -0.373. The van der Waals surface area contributed by atoms with Crippen LogP contribution >= 0.6 is 22.6 Å². The smallest absolute Gasteiger partial charge is 0.229 e. The Bertz CT molecular complexity index is 761. The van der Waals surface area contributed by atoms with Crippen LogP contribution in [0.3, 0.4) is 0 Å². The van der Waals surface area contributed by atoms with Crippen molar-refractivity contribution in [2.45, 2.75) is 6.42 Å². The zero-order valence-corrected chi connectivity index (χ0v) is 15.3. The number of nitrogens with one attached hydrogen (secondary N) is 1. The molecule has 2 aromatic rings. The molecular formula is C18H17IN2O3. The number of carbonyl (C=O) groups is 2. The Labute approximate surface area is 154 Å². The van der Waals surface area contributed by atoms with Crippen molar-refractivity contribution in [3.63, 3.8) is 0 Å². The first-order valence-electron chi connectivity index (χ1n) is 7.58. The predicted molar refractivity (Wildman–Crippen MR) is 101 cm³/mol. The lowest BCUT2D eigenvalue weighted by Crippen LogP contribution is -2.28. The van der Waals surface area contributed by atoms with E-state index in [1.165, 1.54) is 0 Å². The fourth-order valence-electron chi connectivity index (χ4n) is 2.75. The van der Waals surface area contributed by atoms with Crippen LogP contribution < -0.4 is 15.0 Å². The molecule has 1 aliphatic rings. The third-order valence-electron chi connectivity index (χ3n) is 3.98. The van der Waals surface area contributed by atoms with Crippen molar-refractivity contribution in [1.82, 2.24) is 0 Å². The summed E-state index contributed by atoms with van der Waals surface area (Å²) < 4.78 is 6.41. The summed E-state index contributed by atoms with van der Waals surface area (Å²) in [5.74, 6) is 0.0513. The van der Waals surface area contributed by atoms with E-state index < -0.39 is 0 Å².